The Morgan fingerprint density at radius 3 is 2.27 bits per heavy atom. The van der Waals surface area contributed by atoms with Crippen molar-refractivity contribution < 1.29 is 19.5 Å². The van der Waals surface area contributed by atoms with E-state index in [0.717, 1.165) is 36.8 Å². The van der Waals surface area contributed by atoms with Gasteiger partial charge in [-0.25, -0.2) is 0 Å². The number of likely N-dealkylation sites (tertiary alicyclic amines) is 1. The summed E-state index contributed by atoms with van der Waals surface area (Å²) in [5, 5.41) is 10.8. The lowest BCUT2D eigenvalue weighted by Crippen LogP contribution is -2.56. The van der Waals surface area contributed by atoms with Crippen molar-refractivity contribution in [2.45, 2.75) is 74.1 Å². The van der Waals surface area contributed by atoms with Crippen molar-refractivity contribution >= 4 is 29.5 Å². The lowest BCUT2D eigenvalue weighted by molar-refractivity contribution is -0.148. The van der Waals surface area contributed by atoms with Crippen molar-refractivity contribution in [2.24, 2.45) is 11.8 Å². The summed E-state index contributed by atoms with van der Waals surface area (Å²) in [4.78, 5) is 49.7. The summed E-state index contributed by atoms with van der Waals surface area (Å²) in [5.74, 6) is -1.68. The molecule has 1 N–H and O–H groups in total. The van der Waals surface area contributed by atoms with Crippen molar-refractivity contribution in [2.75, 3.05) is 26.2 Å². The van der Waals surface area contributed by atoms with E-state index in [-0.39, 0.29) is 24.3 Å². The van der Waals surface area contributed by atoms with E-state index in [4.69, 9.17) is 0 Å². The topological polar surface area (TPSA) is 81.2 Å². The molecule has 3 aliphatic heterocycles. The number of nitrogens with zero attached hydrogens (tertiary/aromatic N) is 3. The van der Waals surface area contributed by atoms with Gasteiger partial charge in [0.15, 0.2) is 0 Å². The van der Waals surface area contributed by atoms with Gasteiger partial charge in [-0.05, 0) is 37.3 Å². The Morgan fingerprint density at radius 1 is 1.00 bits per heavy atom. The highest BCUT2D eigenvalue weighted by molar-refractivity contribution is 8.02. The summed E-state index contributed by atoms with van der Waals surface area (Å²) in [6.07, 6.45) is 7.74. The molecule has 240 valence electrons. The maximum Gasteiger partial charge on any atom is 0.247 e. The first kappa shape index (κ1) is 33.0. The van der Waals surface area contributed by atoms with Crippen LogP contribution in [0.4, 0.5) is 0 Å². The molecule has 6 atom stereocenters. The van der Waals surface area contributed by atoms with Crippen molar-refractivity contribution in [3.63, 3.8) is 0 Å². The van der Waals surface area contributed by atoms with Gasteiger partial charge in [0, 0.05) is 30.9 Å². The zero-order valence-corrected chi connectivity index (χ0v) is 27.5. The highest BCUT2D eigenvalue weighted by atomic mass is 32.2. The molecule has 8 heteroatoms. The summed E-state index contributed by atoms with van der Waals surface area (Å²) >= 11 is 1.67. The smallest absolute Gasteiger partial charge is 0.247 e. The number of carbonyl (C=O) groups is 3. The van der Waals surface area contributed by atoms with Crippen LogP contribution in [0.25, 0.3) is 0 Å². The van der Waals surface area contributed by atoms with Crippen molar-refractivity contribution in [3.8, 4) is 0 Å². The van der Waals surface area contributed by atoms with Crippen LogP contribution >= 0.6 is 11.8 Å². The van der Waals surface area contributed by atoms with E-state index in [2.05, 4.69) is 27.0 Å². The monoisotopic (exact) mass is 629 g/mol. The molecular formula is C37H47N3O4S. The molecule has 45 heavy (non-hydrogen) atoms. The number of thioether (sulfide) groups is 1. The van der Waals surface area contributed by atoms with Gasteiger partial charge in [-0.2, -0.15) is 0 Å². The van der Waals surface area contributed by atoms with Gasteiger partial charge in [-0.1, -0.05) is 92.6 Å². The number of fused-ring (bicyclic) bond motifs is 1. The molecule has 2 unspecified atom stereocenters. The van der Waals surface area contributed by atoms with Crippen LogP contribution in [0.1, 0.15) is 63.1 Å². The van der Waals surface area contributed by atoms with Gasteiger partial charge in [0.2, 0.25) is 17.7 Å². The van der Waals surface area contributed by atoms with E-state index < -0.39 is 33.4 Å². The highest BCUT2D eigenvalue weighted by Crippen LogP contribution is 2.72. The molecular weight excluding hydrogens is 582 g/mol. The Hall–Kier alpha value is -3.36. The number of unbranched alkanes of at least 4 members (excludes halogenated alkanes) is 2. The summed E-state index contributed by atoms with van der Waals surface area (Å²) in [6.45, 7) is 13.5. The number of benzene rings is 2. The number of aliphatic hydroxyl groups is 1. The van der Waals surface area contributed by atoms with Crippen molar-refractivity contribution in [1.82, 2.24) is 14.7 Å². The number of carbonyl (C=O) groups excluding carboxylic acids is 3. The normalized spacial score (nSPS) is 27.2. The van der Waals surface area contributed by atoms with Gasteiger partial charge in [-0.15, -0.1) is 24.9 Å². The second kappa shape index (κ2) is 14.0. The van der Waals surface area contributed by atoms with Crippen LogP contribution in [0.2, 0.25) is 0 Å². The van der Waals surface area contributed by atoms with Crippen LogP contribution in [0, 0.1) is 11.8 Å². The number of rotatable bonds is 15. The molecule has 3 heterocycles. The van der Waals surface area contributed by atoms with Crippen molar-refractivity contribution in [1.29, 1.82) is 0 Å². The molecule has 0 radical (unpaired) electrons. The summed E-state index contributed by atoms with van der Waals surface area (Å²) in [7, 11) is 0. The van der Waals surface area contributed by atoms with Crippen LogP contribution in [0.15, 0.2) is 86.0 Å². The Morgan fingerprint density at radius 2 is 1.64 bits per heavy atom. The van der Waals surface area contributed by atoms with Gasteiger partial charge in [-0.3, -0.25) is 14.4 Å². The molecule has 0 aliphatic carbocycles. The Bertz CT molecular complexity index is 1390. The number of amides is 3. The van der Waals surface area contributed by atoms with E-state index in [1.165, 1.54) is 0 Å². The molecule has 3 amide bonds. The third-order valence-electron chi connectivity index (χ3n) is 9.98. The molecule has 0 saturated carbocycles. The average Bonchev–Trinajstić information content (AvgIpc) is 3.62. The van der Waals surface area contributed by atoms with E-state index >= 15 is 0 Å². The standard InChI is InChI=1S/C37H47N3O4S/c1-5-8-15-24-38(22-6-2)35(44)32-37-21-20-36(4,45-37)30(33(42)39(23-7-3)25-27-16-11-9-12-17-27)31(37)34(43)40(32)29(26-41)28-18-13-10-14-19-28/h6-7,9-14,16-19,29-32,41H,2-3,5,8,15,20-26H2,1,4H3/t29-,30-,31+,32?,36+,37?/m1/s1. The second-order valence-corrected chi connectivity index (χ2v) is 14.8. The van der Waals surface area contributed by atoms with Crippen LogP contribution < -0.4 is 0 Å². The minimum atomic E-state index is -0.805. The molecule has 2 aromatic carbocycles. The third kappa shape index (κ3) is 5.99. The predicted molar refractivity (Wildman–Crippen MR) is 180 cm³/mol. The van der Waals surface area contributed by atoms with Gasteiger partial charge >= 0.3 is 0 Å². The first-order valence-corrected chi connectivity index (χ1v) is 17.1. The largest absolute Gasteiger partial charge is 0.394 e. The number of hydrogen-bond acceptors (Lipinski definition) is 5. The summed E-state index contributed by atoms with van der Waals surface area (Å²) in [5.41, 5.74) is 1.78. The average molecular weight is 630 g/mol. The maximum atomic E-state index is 14.9. The van der Waals surface area contributed by atoms with Crippen LogP contribution in [-0.2, 0) is 20.9 Å². The highest BCUT2D eigenvalue weighted by Gasteiger charge is 2.78. The fourth-order valence-electron chi connectivity index (χ4n) is 7.95. The summed E-state index contributed by atoms with van der Waals surface area (Å²) < 4.78 is -1.27. The molecule has 2 aromatic rings. The second-order valence-electron chi connectivity index (χ2n) is 12.9. The van der Waals surface area contributed by atoms with Gasteiger partial charge in [0.1, 0.15) is 6.04 Å². The SMILES string of the molecule is C=CCN(CCCCC)C(=O)C1N([C@H](CO)c2ccccc2)C(=O)[C@@H]2[C@H](C(=O)N(CC=C)Cc3ccccc3)[C@]3(C)CCC12S3. The first-order valence-electron chi connectivity index (χ1n) is 16.3. The first-order chi connectivity index (χ1) is 21.8. The van der Waals surface area contributed by atoms with Crippen LogP contribution in [-0.4, -0.2) is 79.3 Å². The van der Waals surface area contributed by atoms with Crippen LogP contribution in [0.3, 0.4) is 0 Å². The molecule has 3 saturated heterocycles. The lowest BCUT2D eigenvalue weighted by Gasteiger charge is -2.40. The lowest BCUT2D eigenvalue weighted by atomic mass is 9.66. The van der Waals surface area contributed by atoms with E-state index in [1.807, 2.05) is 65.6 Å². The Balaban J connectivity index is 1.59. The molecule has 7 nitrogen and oxygen atoms in total. The summed E-state index contributed by atoms with van der Waals surface area (Å²) in [6, 6.07) is 17.8. The molecule has 0 aromatic heterocycles. The predicted octanol–water partition coefficient (Wildman–Crippen LogP) is 5.62. The minimum Gasteiger partial charge on any atom is -0.394 e. The van der Waals surface area contributed by atoms with E-state index in [9.17, 15) is 19.5 Å². The van der Waals surface area contributed by atoms with E-state index in [0.29, 0.717) is 32.6 Å². The fourth-order valence-corrected chi connectivity index (χ4v) is 10.3. The molecule has 2 bridgehead atoms. The Labute approximate surface area is 272 Å². The molecule has 3 fully saturated rings. The van der Waals surface area contributed by atoms with Gasteiger partial charge in [0.25, 0.3) is 0 Å². The van der Waals surface area contributed by atoms with E-state index in [1.54, 1.807) is 33.7 Å². The van der Waals surface area contributed by atoms with Crippen molar-refractivity contribution in [3.05, 3.63) is 97.1 Å². The maximum absolute atomic E-state index is 14.9. The molecule has 3 aliphatic rings. The minimum absolute atomic E-state index is 0.0760. The van der Waals surface area contributed by atoms with Crippen LogP contribution in [0.5, 0.6) is 0 Å². The number of aliphatic hydroxyl groups excluding tert-OH is 1. The fraction of sp³-hybridized carbons (Fsp3) is 0.486. The molecule has 5 rings (SSSR count). The number of hydrogen-bond donors (Lipinski definition) is 1. The van der Waals surface area contributed by atoms with Gasteiger partial charge in [0.05, 0.1) is 29.2 Å². The zero-order chi connectivity index (χ0) is 32.2. The zero-order valence-electron chi connectivity index (χ0n) is 26.6. The third-order valence-corrected chi connectivity index (χ3v) is 12.0. The Kier molecular flexibility index (Phi) is 10.2. The quantitative estimate of drug-likeness (QED) is 0.204. The molecule has 1 spiro atoms. The van der Waals surface area contributed by atoms with Gasteiger partial charge < -0.3 is 19.8 Å².